The van der Waals surface area contributed by atoms with Gasteiger partial charge in [-0.3, -0.25) is 0 Å². The Balaban J connectivity index is 0. The molecule has 1 rings (SSSR count). The van der Waals surface area contributed by atoms with Crippen LogP contribution in [0.5, 0.6) is 0 Å². The van der Waals surface area contributed by atoms with E-state index in [2.05, 4.69) is 6.92 Å². The minimum Gasteiger partial charge on any atom is -1.00 e. The molecule has 4 heteroatoms. The molecule has 0 aliphatic carbocycles. The fourth-order valence-electron chi connectivity index (χ4n) is 0.548. The average molecular weight is 220 g/mol. The molecular formula is C7H5Cl3Mg. The second-order valence-electron chi connectivity index (χ2n) is 1.71. The van der Waals surface area contributed by atoms with Gasteiger partial charge in [0.05, 0.1) is 0 Å². The normalized spacial score (nSPS) is 7.82. The maximum atomic E-state index is 5.68. The van der Waals surface area contributed by atoms with E-state index < -0.39 is 0 Å². The summed E-state index contributed by atoms with van der Waals surface area (Å²) in [6, 6.07) is 5.36. The van der Waals surface area contributed by atoms with E-state index in [4.69, 9.17) is 23.2 Å². The van der Waals surface area contributed by atoms with Crippen LogP contribution in [0.2, 0.25) is 10.0 Å². The van der Waals surface area contributed by atoms with Gasteiger partial charge in [0, 0.05) is 5.02 Å². The summed E-state index contributed by atoms with van der Waals surface area (Å²) < 4.78 is 0. The molecule has 0 bridgehead atoms. The molecule has 0 aliphatic rings. The minimum absolute atomic E-state index is 0. The van der Waals surface area contributed by atoms with E-state index in [9.17, 15) is 0 Å². The second-order valence-corrected chi connectivity index (χ2v) is 2.50. The standard InChI is InChI=1S/C7H5Cl2.ClH.Mg/c1-5-3-2-4-6(8)7(5)9;;/h2-4H,1H2;1H;/q-1;;+2/p-1. The van der Waals surface area contributed by atoms with Gasteiger partial charge in [-0.15, -0.1) is 6.07 Å². The van der Waals surface area contributed by atoms with Crippen molar-refractivity contribution in [2.75, 3.05) is 0 Å². The smallest absolute Gasteiger partial charge is 1.00 e. The van der Waals surface area contributed by atoms with Gasteiger partial charge in [-0.05, 0) is 5.02 Å². The van der Waals surface area contributed by atoms with E-state index >= 15 is 0 Å². The molecule has 0 unspecified atom stereocenters. The largest absolute Gasteiger partial charge is 2.00 e. The fourth-order valence-corrected chi connectivity index (χ4v) is 0.869. The van der Waals surface area contributed by atoms with Gasteiger partial charge in [0.2, 0.25) is 0 Å². The van der Waals surface area contributed by atoms with Gasteiger partial charge >= 0.3 is 23.1 Å². The number of hydrogen-bond acceptors (Lipinski definition) is 0. The molecule has 0 radical (unpaired) electrons. The Morgan fingerprint density at radius 2 is 1.73 bits per heavy atom. The summed E-state index contributed by atoms with van der Waals surface area (Å²) in [5.74, 6) is 0. The van der Waals surface area contributed by atoms with Crippen LogP contribution in [-0.4, -0.2) is 23.1 Å². The van der Waals surface area contributed by atoms with Crippen LogP contribution in [0.15, 0.2) is 18.2 Å². The summed E-state index contributed by atoms with van der Waals surface area (Å²) in [6.45, 7) is 3.66. The first-order valence-electron chi connectivity index (χ1n) is 2.48. The van der Waals surface area contributed by atoms with Gasteiger partial charge in [0.1, 0.15) is 0 Å². The molecule has 0 saturated carbocycles. The zero-order chi connectivity index (χ0) is 6.85. The monoisotopic (exact) mass is 218 g/mol. The molecule has 0 saturated heterocycles. The molecular weight excluding hydrogens is 215 g/mol. The molecule has 1 aromatic rings. The van der Waals surface area contributed by atoms with Crippen molar-refractivity contribution < 1.29 is 12.4 Å². The van der Waals surface area contributed by atoms with Crippen LogP contribution < -0.4 is 12.4 Å². The van der Waals surface area contributed by atoms with Crippen LogP contribution in [0.1, 0.15) is 5.56 Å². The van der Waals surface area contributed by atoms with Crippen molar-refractivity contribution in [3.05, 3.63) is 40.7 Å². The van der Waals surface area contributed by atoms with Gasteiger partial charge < -0.3 is 12.4 Å². The number of rotatable bonds is 0. The summed E-state index contributed by atoms with van der Waals surface area (Å²) in [5, 5.41) is 1.10. The van der Waals surface area contributed by atoms with Crippen LogP contribution in [-0.2, 0) is 0 Å². The van der Waals surface area contributed by atoms with Gasteiger partial charge in [0.15, 0.2) is 0 Å². The first-order chi connectivity index (χ1) is 4.22. The quantitative estimate of drug-likeness (QED) is 0.419. The Morgan fingerprint density at radius 3 is 2.09 bits per heavy atom. The number of halogens is 3. The molecule has 0 nitrogen and oxygen atoms in total. The van der Waals surface area contributed by atoms with Crippen molar-refractivity contribution in [1.82, 2.24) is 0 Å². The van der Waals surface area contributed by atoms with E-state index in [0.717, 1.165) is 5.56 Å². The summed E-state index contributed by atoms with van der Waals surface area (Å²) >= 11 is 11.3. The SMILES string of the molecule is [CH2-]c1cccc(Cl)c1Cl.[Cl-].[Mg+2]. The van der Waals surface area contributed by atoms with Crippen molar-refractivity contribution >= 4 is 46.3 Å². The zero-order valence-corrected chi connectivity index (χ0v) is 9.46. The van der Waals surface area contributed by atoms with E-state index in [1.165, 1.54) is 0 Å². The van der Waals surface area contributed by atoms with E-state index in [0.29, 0.717) is 10.0 Å². The predicted octanol–water partition coefficient (Wildman–Crippen LogP) is -0.201. The Labute approximate surface area is 98.8 Å². The average Bonchev–Trinajstić information content (AvgIpc) is 1.83. The van der Waals surface area contributed by atoms with Gasteiger partial charge in [-0.25, -0.2) is 0 Å². The van der Waals surface area contributed by atoms with Crippen molar-refractivity contribution in [1.29, 1.82) is 0 Å². The summed E-state index contributed by atoms with van der Waals surface area (Å²) in [6.07, 6.45) is 0. The maximum Gasteiger partial charge on any atom is 2.00 e. The van der Waals surface area contributed by atoms with Crippen molar-refractivity contribution in [3.8, 4) is 0 Å². The summed E-state index contributed by atoms with van der Waals surface area (Å²) in [7, 11) is 0. The molecule has 1 aromatic carbocycles. The first kappa shape index (κ1) is 14.3. The van der Waals surface area contributed by atoms with Crippen LogP contribution in [0.25, 0.3) is 0 Å². The molecule has 0 amide bonds. The van der Waals surface area contributed by atoms with E-state index in [-0.39, 0.29) is 35.5 Å². The van der Waals surface area contributed by atoms with E-state index in [1.54, 1.807) is 6.07 Å². The van der Waals surface area contributed by atoms with E-state index in [1.807, 2.05) is 12.1 Å². The van der Waals surface area contributed by atoms with Gasteiger partial charge in [-0.2, -0.15) is 30.2 Å². The topological polar surface area (TPSA) is 0 Å². The maximum absolute atomic E-state index is 5.68. The Morgan fingerprint density at radius 1 is 1.18 bits per heavy atom. The molecule has 0 aliphatic heterocycles. The third-order valence-corrected chi connectivity index (χ3v) is 1.89. The van der Waals surface area contributed by atoms with Crippen molar-refractivity contribution in [2.24, 2.45) is 0 Å². The third kappa shape index (κ3) is 3.77. The molecule has 11 heavy (non-hydrogen) atoms. The second kappa shape index (κ2) is 6.27. The third-order valence-electron chi connectivity index (χ3n) is 1.03. The molecule has 0 heterocycles. The molecule has 0 fully saturated rings. The van der Waals surface area contributed by atoms with Crippen LogP contribution in [0, 0.1) is 6.92 Å². The number of hydrogen-bond donors (Lipinski definition) is 0. The fraction of sp³-hybridized carbons (Fsp3) is 0. The van der Waals surface area contributed by atoms with Crippen molar-refractivity contribution in [2.45, 2.75) is 0 Å². The van der Waals surface area contributed by atoms with Crippen LogP contribution >= 0.6 is 23.2 Å². The first-order valence-corrected chi connectivity index (χ1v) is 3.23. The van der Waals surface area contributed by atoms with Crippen molar-refractivity contribution in [3.63, 3.8) is 0 Å². The summed E-state index contributed by atoms with van der Waals surface area (Å²) in [5.41, 5.74) is 0.768. The van der Waals surface area contributed by atoms with Gasteiger partial charge in [0.25, 0.3) is 0 Å². The van der Waals surface area contributed by atoms with Gasteiger partial charge in [-0.1, -0.05) is 17.7 Å². The Hall–Kier alpha value is 0.726. The molecule has 56 valence electrons. The molecule has 0 spiro atoms. The molecule has 0 atom stereocenters. The Kier molecular flexibility index (Phi) is 8.12. The Bertz CT molecular complexity index is 205. The van der Waals surface area contributed by atoms with Crippen LogP contribution in [0.3, 0.4) is 0 Å². The predicted molar refractivity (Wildman–Crippen MR) is 46.7 cm³/mol. The summed E-state index contributed by atoms with van der Waals surface area (Å²) in [4.78, 5) is 0. The number of benzene rings is 1. The van der Waals surface area contributed by atoms with Crippen LogP contribution in [0.4, 0.5) is 0 Å². The molecule has 0 aromatic heterocycles. The zero-order valence-electron chi connectivity index (χ0n) is 5.78. The molecule has 0 N–H and O–H groups in total. The minimum atomic E-state index is 0.